The highest BCUT2D eigenvalue weighted by Crippen LogP contribution is 2.25. The number of nitrogens with zero attached hydrogens (tertiary/aromatic N) is 2. The molecule has 0 atom stereocenters. The third kappa shape index (κ3) is 7.01. The molecule has 9 nitrogen and oxygen atoms in total. The van der Waals surface area contributed by atoms with Crippen molar-refractivity contribution in [1.82, 2.24) is 5.43 Å². The molecule has 0 spiro atoms. The van der Waals surface area contributed by atoms with Crippen LogP contribution in [0.25, 0.3) is 11.3 Å². The summed E-state index contributed by atoms with van der Waals surface area (Å²) in [6.07, 6.45) is 1.31. The molecule has 0 fully saturated rings. The lowest BCUT2D eigenvalue weighted by Gasteiger charge is -2.23. The molecule has 0 saturated carbocycles. The number of hydrazone groups is 1. The van der Waals surface area contributed by atoms with Crippen LogP contribution >= 0.6 is 15.9 Å². The second kappa shape index (κ2) is 12.5. The van der Waals surface area contributed by atoms with E-state index in [1.165, 1.54) is 18.3 Å². The monoisotopic (exact) mass is 609 g/mol. The van der Waals surface area contributed by atoms with Crippen molar-refractivity contribution in [1.29, 1.82) is 0 Å². The Balaban J connectivity index is 1.44. The molecule has 1 aromatic heterocycles. The van der Waals surface area contributed by atoms with E-state index in [9.17, 15) is 18.0 Å². The molecule has 0 saturated heterocycles. The molecule has 0 aliphatic rings. The number of ether oxygens (including phenoxy) is 1. The van der Waals surface area contributed by atoms with E-state index in [-0.39, 0.29) is 4.90 Å². The highest BCUT2D eigenvalue weighted by atomic mass is 79.9. The van der Waals surface area contributed by atoms with Gasteiger partial charge in [0.1, 0.15) is 18.1 Å². The maximum absolute atomic E-state index is 13.3. The molecule has 200 valence electrons. The normalized spacial score (nSPS) is 11.3. The molecule has 0 unspecified atom stereocenters. The Labute approximate surface area is 234 Å². The minimum atomic E-state index is -4.02. The number of furan rings is 1. The van der Waals surface area contributed by atoms with Crippen molar-refractivity contribution in [3.05, 3.63) is 107 Å². The Morgan fingerprint density at radius 1 is 0.974 bits per heavy atom. The van der Waals surface area contributed by atoms with Crippen molar-refractivity contribution < 1.29 is 27.2 Å². The van der Waals surface area contributed by atoms with Gasteiger partial charge in [0.2, 0.25) is 0 Å². The molecular weight excluding hydrogens is 586 g/mol. The summed E-state index contributed by atoms with van der Waals surface area (Å²) in [5, 5.41) is 3.91. The molecule has 0 aliphatic heterocycles. The molecule has 0 radical (unpaired) electrons. The summed E-state index contributed by atoms with van der Waals surface area (Å²) < 4.78 is 39.2. The number of rotatable bonds is 10. The number of carbonyl (C=O) groups is 2. The minimum Gasteiger partial charge on any atom is -0.462 e. The maximum atomic E-state index is 13.3. The first-order chi connectivity index (χ1) is 18.8. The second-order valence-electron chi connectivity index (χ2n) is 8.09. The van der Waals surface area contributed by atoms with Gasteiger partial charge in [-0.25, -0.2) is 18.6 Å². The van der Waals surface area contributed by atoms with Gasteiger partial charge in [-0.15, -0.1) is 0 Å². The van der Waals surface area contributed by atoms with Gasteiger partial charge in [-0.05, 0) is 67.6 Å². The van der Waals surface area contributed by atoms with Crippen LogP contribution in [0.1, 0.15) is 23.0 Å². The van der Waals surface area contributed by atoms with Crippen LogP contribution in [0.5, 0.6) is 0 Å². The fraction of sp³-hybridized carbons (Fsp3) is 0.107. The molecule has 1 heterocycles. The molecule has 11 heteroatoms. The van der Waals surface area contributed by atoms with Gasteiger partial charge in [0.05, 0.1) is 29.0 Å². The first-order valence-corrected chi connectivity index (χ1v) is 14.0. The Morgan fingerprint density at radius 2 is 1.67 bits per heavy atom. The summed E-state index contributed by atoms with van der Waals surface area (Å²) in [6, 6.07) is 24.6. The van der Waals surface area contributed by atoms with Gasteiger partial charge in [-0.1, -0.05) is 46.3 Å². The Hall–Kier alpha value is -4.22. The number of carbonyl (C=O) groups excluding carboxylic acids is 2. The number of hydrogen-bond donors (Lipinski definition) is 1. The number of hydrogen-bond acceptors (Lipinski definition) is 7. The third-order valence-electron chi connectivity index (χ3n) is 5.42. The summed E-state index contributed by atoms with van der Waals surface area (Å²) >= 11 is 3.33. The first kappa shape index (κ1) is 27.8. The average molecular weight is 610 g/mol. The van der Waals surface area contributed by atoms with Crippen molar-refractivity contribution in [3.63, 3.8) is 0 Å². The maximum Gasteiger partial charge on any atom is 0.338 e. The standard InChI is InChI=1S/C28H24BrN3O6S/c1-2-37-28(34)21-10-8-20(9-11-21)26-17-16-24(38-26)18-30-31-27(33)19-32(23-14-12-22(29)13-15-23)39(35,36)25-6-4-3-5-7-25/h3-18H,2,19H2,1H3,(H,31,33)/b30-18+. The van der Waals surface area contributed by atoms with Crippen LogP contribution in [0.2, 0.25) is 0 Å². The van der Waals surface area contributed by atoms with Crippen LogP contribution in [0.15, 0.2) is 110 Å². The molecule has 1 N–H and O–H groups in total. The predicted molar refractivity (Wildman–Crippen MR) is 151 cm³/mol. The Bertz CT molecular complexity index is 1570. The third-order valence-corrected chi connectivity index (χ3v) is 7.74. The van der Waals surface area contributed by atoms with Crippen molar-refractivity contribution in [2.24, 2.45) is 5.10 Å². The fourth-order valence-electron chi connectivity index (χ4n) is 3.54. The zero-order valence-corrected chi connectivity index (χ0v) is 23.2. The topological polar surface area (TPSA) is 118 Å². The molecule has 4 aromatic rings. The summed E-state index contributed by atoms with van der Waals surface area (Å²) in [5.74, 6) is -0.146. The average Bonchev–Trinajstić information content (AvgIpc) is 3.42. The molecule has 1 amide bonds. The zero-order chi connectivity index (χ0) is 27.8. The van der Waals surface area contributed by atoms with E-state index in [2.05, 4.69) is 26.5 Å². The molecule has 39 heavy (non-hydrogen) atoms. The highest BCUT2D eigenvalue weighted by molar-refractivity contribution is 9.10. The van der Waals surface area contributed by atoms with Gasteiger partial charge in [0.25, 0.3) is 15.9 Å². The van der Waals surface area contributed by atoms with Crippen LogP contribution in [0.4, 0.5) is 5.69 Å². The number of benzene rings is 3. The number of nitrogens with one attached hydrogen (secondary N) is 1. The SMILES string of the molecule is CCOC(=O)c1ccc(-c2ccc(/C=N/NC(=O)CN(c3ccc(Br)cc3)S(=O)(=O)c3ccccc3)o2)cc1. The van der Waals surface area contributed by atoms with Gasteiger partial charge >= 0.3 is 5.97 Å². The highest BCUT2D eigenvalue weighted by Gasteiger charge is 2.27. The van der Waals surface area contributed by atoms with Crippen molar-refractivity contribution >= 4 is 49.7 Å². The largest absolute Gasteiger partial charge is 0.462 e. The number of halogens is 1. The van der Waals surface area contributed by atoms with Crippen molar-refractivity contribution in [2.45, 2.75) is 11.8 Å². The van der Waals surface area contributed by atoms with Crippen LogP contribution in [0, 0.1) is 0 Å². The van der Waals surface area contributed by atoms with E-state index in [1.54, 1.807) is 85.8 Å². The van der Waals surface area contributed by atoms with E-state index in [0.717, 1.165) is 14.3 Å². The fourth-order valence-corrected chi connectivity index (χ4v) is 5.24. The molecule has 4 rings (SSSR count). The van der Waals surface area contributed by atoms with E-state index in [1.807, 2.05) is 0 Å². The lowest BCUT2D eigenvalue weighted by Crippen LogP contribution is -2.39. The second-order valence-corrected chi connectivity index (χ2v) is 10.9. The van der Waals surface area contributed by atoms with Gasteiger partial charge in [0.15, 0.2) is 0 Å². The Kier molecular flexibility index (Phi) is 8.95. The number of amides is 1. The number of esters is 1. The summed E-state index contributed by atoms with van der Waals surface area (Å²) in [6.45, 7) is 1.54. The van der Waals surface area contributed by atoms with Gasteiger partial charge in [0, 0.05) is 10.0 Å². The lowest BCUT2D eigenvalue weighted by molar-refractivity contribution is -0.119. The summed E-state index contributed by atoms with van der Waals surface area (Å²) in [7, 11) is -4.02. The van der Waals surface area contributed by atoms with Crippen LogP contribution in [0.3, 0.4) is 0 Å². The van der Waals surface area contributed by atoms with Crippen LogP contribution in [-0.2, 0) is 19.6 Å². The van der Waals surface area contributed by atoms with Crippen molar-refractivity contribution in [3.8, 4) is 11.3 Å². The van der Waals surface area contributed by atoms with E-state index < -0.39 is 28.4 Å². The Morgan fingerprint density at radius 3 is 2.33 bits per heavy atom. The van der Waals surface area contributed by atoms with Crippen LogP contribution < -0.4 is 9.73 Å². The smallest absolute Gasteiger partial charge is 0.338 e. The van der Waals surface area contributed by atoms with Gasteiger partial charge in [-0.3, -0.25) is 9.10 Å². The summed E-state index contributed by atoms with van der Waals surface area (Å²) in [4.78, 5) is 24.6. The zero-order valence-electron chi connectivity index (χ0n) is 20.8. The first-order valence-electron chi connectivity index (χ1n) is 11.8. The van der Waals surface area contributed by atoms with E-state index >= 15 is 0 Å². The molecule has 0 aliphatic carbocycles. The number of anilines is 1. The van der Waals surface area contributed by atoms with Crippen molar-refractivity contribution in [2.75, 3.05) is 17.5 Å². The van der Waals surface area contributed by atoms with Gasteiger partial charge < -0.3 is 9.15 Å². The number of sulfonamides is 1. The predicted octanol–water partition coefficient (Wildman–Crippen LogP) is 5.23. The van der Waals surface area contributed by atoms with Crippen LogP contribution in [-0.4, -0.2) is 39.7 Å². The minimum absolute atomic E-state index is 0.0580. The van der Waals surface area contributed by atoms with E-state index in [0.29, 0.717) is 29.4 Å². The lowest BCUT2D eigenvalue weighted by atomic mass is 10.1. The van der Waals surface area contributed by atoms with E-state index in [4.69, 9.17) is 9.15 Å². The quantitative estimate of drug-likeness (QED) is 0.149. The molecular formula is C28H24BrN3O6S. The summed E-state index contributed by atoms with van der Waals surface area (Å²) in [5.41, 5.74) is 3.85. The van der Waals surface area contributed by atoms with Gasteiger partial charge in [-0.2, -0.15) is 5.10 Å². The molecule has 3 aromatic carbocycles. The molecule has 0 bridgehead atoms.